The molecule has 0 amide bonds. The van der Waals surface area contributed by atoms with Crippen LogP contribution in [0.3, 0.4) is 0 Å². The second-order valence-electron chi connectivity index (χ2n) is 4.70. The average Bonchev–Trinajstić information content (AvgIpc) is 2.67. The molecule has 1 saturated heterocycles. The van der Waals surface area contributed by atoms with Gasteiger partial charge in [-0.25, -0.2) is 0 Å². The van der Waals surface area contributed by atoms with Crippen LogP contribution in [-0.2, 0) is 6.54 Å². The third-order valence-electron chi connectivity index (χ3n) is 3.51. The lowest BCUT2D eigenvalue weighted by Crippen LogP contribution is -2.42. The second kappa shape index (κ2) is 5.63. The van der Waals surface area contributed by atoms with Gasteiger partial charge in [-0.1, -0.05) is 6.92 Å². The quantitative estimate of drug-likeness (QED) is 0.930. The minimum absolute atomic E-state index is 0.678. The van der Waals surface area contributed by atoms with Crippen LogP contribution in [0.2, 0.25) is 0 Å². The highest BCUT2D eigenvalue weighted by Crippen LogP contribution is 2.27. The first-order chi connectivity index (χ1) is 7.69. The Bertz CT molecular complexity index is 340. The number of piperidine rings is 1. The van der Waals surface area contributed by atoms with Crippen LogP contribution in [0.25, 0.3) is 0 Å². The molecular formula is C12H19BrN2S. The molecule has 2 heterocycles. The van der Waals surface area contributed by atoms with E-state index in [1.807, 2.05) is 11.3 Å². The maximum Gasteiger partial charge on any atom is 0.0701 e. The maximum atomic E-state index is 5.82. The molecule has 0 spiro atoms. The largest absolute Gasteiger partial charge is 0.330 e. The van der Waals surface area contributed by atoms with E-state index < -0.39 is 0 Å². The fraction of sp³-hybridized carbons (Fsp3) is 0.667. The number of hydrogen-bond donors (Lipinski definition) is 1. The van der Waals surface area contributed by atoms with E-state index >= 15 is 0 Å². The van der Waals surface area contributed by atoms with Crippen LogP contribution in [0.1, 0.15) is 18.2 Å². The van der Waals surface area contributed by atoms with E-state index in [0.717, 1.165) is 25.6 Å². The molecule has 0 radical (unpaired) electrons. The van der Waals surface area contributed by atoms with Gasteiger partial charge < -0.3 is 5.73 Å². The Kier molecular flexibility index (Phi) is 4.41. The standard InChI is InChI=1S/C12H19BrN2S/c1-9-4-5-15(7-10(9)6-14)8-11-2-3-12(13)16-11/h2-3,9-10H,4-8,14H2,1H3. The molecule has 0 bridgehead atoms. The zero-order chi connectivity index (χ0) is 11.5. The van der Waals surface area contributed by atoms with E-state index in [1.54, 1.807) is 0 Å². The molecule has 1 aliphatic heterocycles. The lowest BCUT2D eigenvalue weighted by Gasteiger charge is -2.36. The summed E-state index contributed by atoms with van der Waals surface area (Å²) in [5.74, 6) is 1.47. The van der Waals surface area contributed by atoms with Crippen LogP contribution in [0.4, 0.5) is 0 Å². The summed E-state index contributed by atoms with van der Waals surface area (Å²) in [7, 11) is 0. The molecule has 1 aromatic heterocycles. The Morgan fingerprint density at radius 3 is 3.00 bits per heavy atom. The van der Waals surface area contributed by atoms with Gasteiger partial charge >= 0.3 is 0 Å². The summed E-state index contributed by atoms with van der Waals surface area (Å²) in [5.41, 5.74) is 5.82. The molecule has 1 fully saturated rings. The third kappa shape index (κ3) is 3.06. The molecular weight excluding hydrogens is 284 g/mol. The summed E-state index contributed by atoms with van der Waals surface area (Å²) in [6.07, 6.45) is 1.29. The van der Waals surface area contributed by atoms with Crippen LogP contribution in [-0.4, -0.2) is 24.5 Å². The third-order valence-corrected chi connectivity index (χ3v) is 5.12. The molecule has 0 aromatic carbocycles. The van der Waals surface area contributed by atoms with Crippen LogP contribution in [0.15, 0.2) is 15.9 Å². The van der Waals surface area contributed by atoms with E-state index in [4.69, 9.17) is 5.73 Å². The Labute approximate surface area is 110 Å². The van der Waals surface area contributed by atoms with E-state index in [9.17, 15) is 0 Å². The van der Waals surface area contributed by atoms with Crippen LogP contribution >= 0.6 is 27.3 Å². The van der Waals surface area contributed by atoms with Crippen molar-refractivity contribution in [2.45, 2.75) is 19.9 Å². The van der Waals surface area contributed by atoms with E-state index in [2.05, 4.69) is 39.9 Å². The summed E-state index contributed by atoms with van der Waals surface area (Å²) in [6, 6.07) is 4.34. The molecule has 16 heavy (non-hydrogen) atoms. The molecule has 1 aromatic rings. The van der Waals surface area contributed by atoms with Crippen molar-refractivity contribution >= 4 is 27.3 Å². The van der Waals surface area contributed by atoms with Crippen LogP contribution in [0.5, 0.6) is 0 Å². The first kappa shape index (κ1) is 12.6. The number of hydrogen-bond acceptors (Lipinski definition) is 3. The molecule has 4 heteroatoms. The molecule has 2 rings (SSSR count). The molecule has 90 valence electrons. The molecule has 2 N–H and O–H groups in total. The second-order valence-corrected chi connectivity index (χ2v) is 7.25. The number of nitrogens with two attached hydrogens (primary N) is 1. The number of nitrogens with zero attached hydrogens (tertiary/aromatic N) is 1. The van der Waals surface area contributed by atoms with Gasteiger partial charge in [-0.15, -0.1) is 11.3 Å². The molecule has 1 aliphatic rings. The first-order valence-corrected chi connectivity index (χ1v) is 7.46. The fourth-order valence-electron chi connectivity index (χ4n) is 2.33. The zero-order valence-electron chi connectivity index (χ0n) is 9.66. The zero-order valence-corrected chi connectivity index (χ0v) is 12.1. The summed E-state index contributed by atoms with van der Waals surface area (Å²) >= 11 is 5.35. The number of thiophene rings is 1. The minimum Gasteiger partial charge on any atom is -0.330 e. The van der Waals surface area contributed by atoms with Gasteiger partial charge in [0.25, 0.3) is 0 Å². The van der Waals surface area contributed by atoms with Crippen molar-refractivity contribution in [3.05, 3.63) is 20.8 Å². The monoisotopic (exact) mass is 302 g/mol. The molecule has 2 atom stereocenters. The van der Waals surface area contributed by atoms with Gasteiger partial charge in [-0.3, -0.25) is 4.90 Å². The smallest absolute Gasteiger partial charge is 0.0701 e. The average molecular weight is 303 g/mol. The molecule has 0 saturated carbocycles. The Morgan fingerprint density at radius 2 is 2.38 bits per heavy atom. The maximum absolute atomic E-state index is 5.82. The fourth-order valence-corrected chi connectivity index (χ4v) is 3.86. The SMILES string of the molecule is CC1CCN(Cc2ccc(Br)s2)CC1CN. The number of halogens is 1. The van der Waals surface area contributed by atoms with E-state index in [0.29, 0.717) is 5.92 Å². The number of rotatable bonds is 3. The summed E-state index contributed by atoms with van der Waals surface area (Å²) < 4.78 is 1.23. The highest BCUT2D eigenvalue weighted by Gasteiger charge is 2.25. The Hall–Kier alpha value is 0.1000. The Morgan fingerprint density at radius 1 is 1.56 bits per heavy atom. The van der Waals surface area contributed by atoms with Crippen molar-refractivity contribution in [2.75, 3.05) is 19.6 Å². The Balaban J connectivity index is 1.91. The van der Waals surface area contributed by atoms with Crippen molar-refractivity contribution in [3.8, 4) is 0 Å². The predicted molar refractivity (Wildman–Crippen MR) is 73.6 cm³/mol. The van der Waals surface area contributed by atoms with Crippen molar-refractivity contribution in [2.24, 2.45) is 17.6 Å². The molecule has 2 unspecified atom stereocenters. The molecule has 2 nitrogen and oxygen atoms in total. The van der Waals surface area contributed by atoms with E-state index in [1.165, 1.54) is 21.6 Å². The van der Waals surface area contributed by atoms with Gasteiger partial charge in [-0.05, 0) is 59.4 Å². The van der Waals surface area contributed by atoms with Gasteiger partial charge in [0.2, 0.25) is 0 Å². The lowest BCUT2D eigenvalue weighted by molar-refractivity contribution is 0.127. The lowest BCUT2D eigenvalue weighted by atomic mass is 9.87. The minimum atomic E-state index is 0.678. The summed E-state index contributed by atoms with van der Waals surface area (Å²) in [4.78, 5) is 3.98. The van der Waals surface area contributed by atoms with Gasteiger partial charge in [-0.2, -0.15) is 0 Å². The highest BCUT2D eigenvalue weighted by molar-refractivity contribution is 9.11. The molecule has 0 aliphatic carbocycles. The van der Waals surface area contributed by atoms with Crippen LogP contribution in [0, 0.1) is 11.8 Å². The van der Waals surface area contributed by atoms with Crippen molar-refractivity contribution in [1.82, 2.24) is 4.90 Å². The first-order valence-electron chi connectivity index (χ1n) is 5.85. The highest BCUT2D eigenvalue weighted by atomic mass is 79.9. The van der Waals surface area contributed by atoms with Crippen molar-refractivity contribution < 1.29 is 0 Å². The van der Waals surface area contributed by atoms with Gasteiger partial charge in [0, 0.05) is 18.0 Å². The van der Waals surface area contributed by atoms with Gasteiger partial charge in [0.15, 0.2) is 0 Å². The van der Waals surface area contributed by atoms with E-state index in [-0.39, 0.29) is 0 Å². The van der Waals surface area contributed by atoms with Crippen molar-refractivity contribution in [1.29, 1.82) is 0 Å². The summed E-state index contributed by atoms with van der Waals surface area (Å²) in [6.45, 7) is 6.61. The number of likely N-dealkylation sites (tertiary alicyclic amines) is 1. The van der Waals surface area contributed by atoms with Gasteiger partial charge in [0.05, 0.1) is 3.79 Å². The summed E-state index contributed by atoms with van der Waals surface area (Å²) in [5, 5.41) is 0. The van der Waals surface area contributed by atoms with Gasteiger partial charge in [0.1, 0.15) is 0 Å². The van der Waals surface area contributed by atoms with Crippen molar-refractivity contribution in [3.63, 3.8) is 0 Å². The van der Waals surface area contributed by atoms with Crippen LogP contribution < -0.4 is 5.73 Å². The normalized spacial score (nSPS) is 27.2. The predicted octanol–water partition coefficient (Wildman–Crippen LogP) is 2.93. The topological polar surface area (TPSA) is 29.3 Å².